The molecule has 150 valence electrons. The smallest absolute Gasteiger partial charge is 0.268 e. The molecule has 0 unspecified atom stereocenters. The molecule has 2 heterocycles. The number of nitrogens with zero attached hydrogens (tertiary/aromatic N) is 1. The largest absolute Gasteiger partial charge is 0.454 e. The number of hydrogen-bond donors (Lipinski definition) is 1. The van der Waals surface area contributed by atoms with Gasteiger partial charge in [-0.15, -0.1) is 0 Å². The Kier molecular flexibility index (Phi) is 4.96. The van der Waals surface area contributed by atoms with E-state index in [1.54, 1.807) is 4.57 Å². The number of nitrogens with one attached hydrogen (secondary N) is 1. The number of halogens is 2. The molecule has 5 nitrogen and oxygen atoms in total. The van der Waals surface area contributed by atoms with Gasteiger partial charge in [-0.2, -0.15) is 0 Å². The van der Waals surface area contributed by atoms with Gasteiger partial charge in [-0.3, -0.25) is 4.79 Å². The van der Waals surface area contributed by atoms with Gasteiger partial charge in [0.25, 0.3) is 5.91 Å². The van der Waals surface area contributed by atoms with E-state index in [4.69, 9.17) is 9.47 Å². The second-order valence-corrected chi connectivity index (χ2v) is 7.02. The van der Waals surface area contributed by atoms with Gasteiger partial charge in [0.2, 0.25) is 6.79 Å². The summed E-state index contributed by atoms with van der Waals surface area (Å²) in [7, 11) is 0. The van der Waals surface area contributed by atoms with Crippen LogP contribution >= 0.6 is 0 Å². The van der Waals surface area contributed by atoms with Crippen LogP contribution in [-0.4, -0.2) is 17.3 Å². The monoisotopic (exact) mass is 398 g/mol. The molecular weight excluding hydrogens is 378 g/mol. The first-order valence-corrected chi connectivity index (χ1v) is 9.20. The van der Waals surface area contributed by atoms with Crippen molar-refractivity contribution in [2.24, 2.45) is 0 Å². The van der Waals surface area contributed by atoms with E-state index in [1.807, 2.05) is 38.1 Å². The Morgan fingerprint density at radius 3 is 2.55 bits per heavy atom. The molecule has 7 heteroatoms. The summed E-state index contributed by atoms with van der Waals surface area (Å²) in [6, 6.07) is 11.2. The van der Waals surface area contributed by atoms with Crippen molar-refractivity contribution in [2.45, 2.75) is 26.9 Å². The molecule has 0 aliphatic carbocycles. The van der Waals surface area contributed by atoms with E-state index < -0.39 is 11.6 Å². The van der Waals surface area contributed by atoms with Gasteiger partial charge < -0.3 is 19.4 Å². The van der Waals surface area contributed by atoms with Crippen LogP contribution in [0, 0.1) is 25.5 Å². The zero-order valence-electron chi connectivity index (χ0n) is 16.1. The van der Waals surface area contributed by atoms with E-state index in [-0.39, 0.29) is 19.2 Å². The van der Waals surface area contributed by atoms with Crippen molar-refractivity contribution < 1.29 is 23.0 Å². The average Bonchev–Trinajstić information content (AvgIpc) is 3.26. The van der Waals surface area contributed by atoms with Crippen LogP contribution in [0.15, 0.2) is 42.5 Å². The highest BCUT2D eigenvalue weighted by atomic mass is 19.2. The summed E-state index contributed by atoms with van der Waals surface area (Å²) < 4.78 is 39.2. The zero-order valence-corrected chi connectivity index (χ0v) is 16.1. The van der Waals surface area contributed by atoms with Crippen molar-refractivity contribution in [2.75, 3.05) is 6.79 Å². The molecule has 0 saturated heterocycles. The summed E-state index contributed by atoms with van der Waals surface area (Å²) in [5.41, 5.74) is 3.63. The van der Waals surface area contributed by atoms with Crippen LogP contribution in [0.1, 0.15) is 32.9 Å². The Hall–Kier alpha value is -3.35. The fourth-order valence-corrected chi connectivity index (χ4v) is 3.49. The van der Waals surface area contributed by atoms with Crippen molar-refractivity contribution >= 4 is 5.91 Å². The van der Waals surface area contributed by atoms with Crippen LogP contribution < -0.4 is 14.8 Å². The molecule has 1 aliphatic heterocycles. The lowest BCUT2D eigenvalue weighted by Gasteiger charge is -2.13. The molecule has 2 aromatic carbocycles. The summed E-state index contributed by atoms with van der Waals surface area (Å²) in [5.74, 6) is -0.693. The summed E-state index contributed by atoms with van der Waals surface area (Å²) >= 11 is 0. The number of fused-ring (bicyclic) bond motifs is 1. The first kappa shape index (κ1) is 19.0. The van der Waals surface area contributed by atoms with Crippen molar-refractivity contribution in [3.8, 4) is 11.5 Å². The van der Waals surface area contributed by atoms with Crippen molar-refractivity contribution in [3.05, 3.63) is 82.2 Å². The molecule has 29 heavy (non-hydrogen) atoms. The zero-order chi connectivity index (χ0) is 20.5. The first-order valence-electron chi connectivity index (χ1n) is 9.20. The van der Waals surface area contributed by atoms with Crippen LogP contribution in [0.3, 0.4) is 0 Å². The number of carbonyl (C=O) groups excluding carboxylic acids is 1. The van der Waals surface area contributed by atoms with Gasteiger partial charge in [0.05, 0.1) is 0 Å². The van der Waals surface area contributed by atoms with Crippen molar-refractivity contribution in [3.63, 3.8) is 0 Å². The second-order valence-electron chi connectivity index (χ2n) is 7.02. The summed E-state index contributed by atoms with van der Waals surface area (Å²) in [4.78, 5) is 12.9. The average molecular weight is 398 g/mol. The Bertz CT molecular complexity index is 1090. The number of aromatic nitrogens is 1. The molecular formula is C22H20F2N2O3. The highest BCUT2D eigenvalue weighted by molar-refractivity contribution is 5.94. The van der Waals surface area contributed by atoms with Crippen LogP contribution in [0.5, 0.6) is 11.5 Å². The highest BCUT2D eigenvalue weighted by Crippen LogP contribution is 2.32. The summed E-state index contributed by atoms with van der Waals surface area (Å²) in [6.45, 7) is 4.51. The van der Waals surface area contributed by atoms with Gasteiger partial charge in [0.15, 0.2) is 23.1 Å². The topological polar surface area (TPSA) is 52.5 Å². The van der Waals surface area contributed by atoms with Gasteiger partial charge in [0.1, 0.15) is 5.69 Å². The van der Waals surface area contributed by atoms with Gasteiger partial charge in [0, 0.05) is 18.8 Å². The molecule has 0 radical (unpaired) electrons. The lowest BCUT2D eigenvalue weighted by atomic mass is 10.2. The minimum absolute atomic E-state index is 0.196. The van der Waals surface area contributed by atoms with Gasteiger partial charge >= 0.3 is 0 Å². The van der Waals surface area contributed by atoms with E-state index in [0.717, 1.165) is 29.0 Å². The van der Waals surface area contributed by atoms with E-state index in [1.165, 1.54) is 6.07 Å². The fourth-order valence-electron chi connectivity index (χ4n) is 3.49. The van der Waals surface area contributed by atoms with Crippen LogP contribution in [0.4, 0.5) is 8.78 Å². The molecule has 0 saturated carbocycles. The molecule has 0 bridgehead atoms. The van der Waals surface area contributed by atoms with Gasteiger partial charge in [-0.05, 0) is 60.9 Å². The van der Waals surface area contributed by atoms with E-state index >= 15 is 0 Å². The van der Waals surface area contributed by atoms with Crippen molar-refractivity contribution in [1.82, 2.24) is 9.88 Å². The Morgan fingerprint density at radius 2 is 1.76 bits per heavy atom. The molecule has 4 rings (SSSR count). The third-order valence-corrected chi connectivity index (χ3v) is 4.92. The first-order chi connectivity index (χ1) is 13.9. The van der Waals surface area contributed by atoms with Gasteiger partial charge in [-0.1, -0.05) is 12.1 Å². The fraction of sp³-hybridized carbons (Fsp3) is 0.227. The van der Waals surface area contributed by atoms with Crippen molar-refractivity contribution in [1.29, 1.82) is 0 Å². The summed E-state index contributed by atoms with van der Waals surface area (Å²) in [5, 5.41) is 2.92. The normalized spacial score (nSPS) is 12.3. The predicted molar refractivity (Wildman–Crippen MR) is 103 cm³/mol. The highest BCUT2D eigenvalue weighted by Gasteiger charge is 2.19. The molecule has 3 aromatic rings. The van der Waals surface area contributed by atoms with Crippen LogP contribution in [0.25, 0.3) is 0 Å². The molecule has 0 spiro atoms. The maximum absolute atomic E-state index is 13.6. The number of benzene rings is 2. The SMILES string of the molecule is Cc1cc(C)n(Cc2ccc(F)c(F)c2)c1C(=O)NCc1ccc2c(c1)OCO2. The Balaban J connectivity index is 1.53. The quantitative estimate of drug-likeness (QED) is 0.704. The minimum atomic E-state index is -0.905. The maximum atomic E-state index is 13.6. The standard InChI is InChI=1S/C22H20F2N2O3/c1-13-7-14(2)26(11-16-3-5-17(23)18(24)8-16)21(13)22(27)25-10-15-4-6-19-20(9-15)29-12-28-19/h3-9H,10-12H2,1-2H3,(H,25,27). The number of hydrogen-bond acceptors (Lipinski definition) is 3. The molecule has 1 aliphatic rings. The second kappa shape index (κ2) is 7.58. The molecule has 1 amide bonds. The van der Waals surface area contributed by atoms with Crippen LogP contribution in [-0.2, 0) is 13.1 Å². The lowest BCUT2D eigenvalue weighted by Crippen LogP contribution is -2.26. The van der Waals surface area contributed by atoms with E-state index in [2.05, 4.69) is 5.32 Å². The third-order valence-electron chi connectivity index (χ3n) is 4.92. The molecule has 1 aromatic heterocycles. The number of aryl methyl sites for hydroxylation is 2. The number of carbonyl (C=O) groups is 1. The number of amides is 1. The predicted octanol–water partition coefficient (Wildman–Crippen LogP) is 4.09. The Morgan fingerprint density at radius 1 is 1.00 bits per heavy atom. The lowest BCUT2D eigenvalue weighted by molar-refractivity contribution is 0.0941. The third kappa shape index (κ3) is 3.81. The molecule has 0 atom stereocenters. The van der Waals surface area contributed by atoms with Gasteiger partial charge in [-0.25, -0.2) is 8.78 Å². The van der Waals surface area contributed by atoms with Crippen LogP contribution in [0.2, 0.25) is 0 Å². The molecule has 0 fully saturated rings. The number of rotatable bonds is 5. The minimum Gasteiger partial charge on any atom is -0.454 e. The number of ether oxygens (including phenoxy) is 2. The van der Waals surface area contributed by atoms with E-state index in [0.29, 0.717) is 29.3 Å². The molecule has 1 N–H and O–H groups in total. The maximum Gasteiger partial charge on any atom is 0.268 e. The summed E-state index contributed by atoms with van der Waals surface area (Å²) in [6.07, 6.45) is 0. The Labute approximate surface area is 166 Å². The van der Waals surface area contributed by atoms with E-state index in [9.17, 15) is 13.6 Å².